The lowest BCUT2D eigenvalue weighted by molar-refractivity contribution is 0.372. The van der Waals surface area contributed by atoms with Crippen molar-refractivity contribution in [2.45, 2.75) is 13.1 Å². The van der Waals surface area contributed by atoms with E-state index in [9.17, 15) is 4.39 Å². The standard InChI is InChI=1S/C5H5BrFNS/c1-3(7)5-8-4(6)2-9-5/h2-3H,1H3. The van der Waals surface area contributed by atoms with Gasteiger partial charge in [0.25, 0.3) is 0 Å². The molecular weight excluding hydrogens is 205 g/mol. The van der Waals surface area contributed by atoms with Crippen molar-refractivity contribution in [1.29, 1.82) is 0 Å². The maximum absolute atomic E-state index is 12.4. The van der Waals surface area contributed by atoms with Crippen molar-refractivity contribution in [3.05, 3.63) is 15.0 Å². The number of halogens is 2. The molecule has 0 aliphatic heterocycles. The van der Waals surface area contributed by atoms with Crippen LogP contribution in [0.4, 0.5) is 4.39 Å². The Balaban J connectivity index is 2.85. The third-order valence-electron chi connectivity index (χ3n) is 0.834. The first kappa shape index (κ1) is 7.15. The zero-order chi connectivity index (χ0) is 6.85. The second-order valence-corrected chi connectivity index (χ2v) is 3.33. The molecule has 4 heteroatoms. The Morgan fingerprint density at radius 2 is 2.56 bits per heavy atom. The highest BCUT2D eigenvalue weighted by Crippen LogP contribution is 2.22. The van der Waals surface area contributed by atoms with E-state index in [0.717, 1.165) is 0 Å². The van der Waals surface area contributed by atoms with Crippen LogP contribution in [0.1, 0.15) is 18.1 Å². The number of hydrogen-bond acceptors (Lipinski definition) is 2. The highest BCUT2D eigenvalue weighted by atomic mass is 79.9. The highest BCUT2D eigenvalue weighted by molar-refractivity contribution is 9.10. The van der Waals surface area contributed by atoms with Gasteiger partial charge in [0.15, 0.2) is 0 Å². The normalized spacial score (nSPS) is 13.7. The van der Waals surface area contributed by atoms with Crippen LogP contribution in [0, 0.1) is 0 Å². The monoisotopic (exact) mass is 209 g/mol. The van der Waals surface area contributed by atoms with Gasteiger partial charge in [0.1, 0.15) is 15.8 Å². The van der Waals surface area contributed by atoms with Crippen LogP contribution in [0.25, 0.3) is 0 Å². The molecule has 0 N–H and O–H groups in total. The van der Waals surface area contributed by atoms with E-state index in [4.69, 9.17) is 0 Å². The van der Waals surface area contributed by atoms with Crippen LogP contribution in [-0.4, -0.2) is 4.98 Å². The van der Waals surface area contributed by atoms with Gasteiger partial charge in [-0.1, -0.05) is 0 Å². The molecule has 0 bridgehead atoms. The summed E-state index contributed by atoms with van der Waals surface area (Å²) in [4.78, 5) is 3.87. The van der Waals surface area contributed by atoms with Crippen LogP contribution in [0.3, 0.4) is 0 Å². The van der Waals surface area contributed by atoms with E-state index < -0.39 is 6.17 Å². The lowest BCUT2D eigenvalue weighted by Gasteiger charge is -1.90. The van der Waals surface area contributed by atoms with Crippen molar-refractivity contribution >= 4 is 27.3 Å². The molecule has 0 aromatic carbocycles. The van der Waals surface area contributed by atoms with Gasteiger partial charge in [-0.2, -0.15) is 0 Å². The van der Waals surface area contributed by atoms with Gasteiger partial charge in [-0.15, -0.1) is 11.3 Å². The molecule has 50 valence electrons. The predicted octanol–water partition coefficient (Wildman–Crippen LogP) is 2.94. The molecule has 0 fully saturated rings. The molecule has 0 aliphatic carbocycles. The minimum atomic E-state index is -0.943. The van der Waals surface area contributed by atoms with Crippen molar-refractivity contribution in [2.75, 3.05) is 0 Å². The number of alkyl halides is 1. The zero-order valence-electron chi connectivity index (χ0n) is 4.77. The Morgan fingerprint density at radius 3 is 2.78 bits per heavy atom. The Kier molecular flexibility index (Phi) is 2.18. The maximum atomic E-state index is 12.4. The highest BCUT2D eigenvalue weighted by Gasteiger charge is 2.05. The predicted molar refractivity (Wildman–Crippen MR) is 39.3 cm³/mol. The first-order valence-corrected chi connectivity index (χ1v) is 4.12. The lowest BCUT2D eigenvalue weighted by atomic mass is 10.5. The molecule has 0 radical (unpaired) electrons. The summed E-state index contributed by atoms with van der Waals surface area (Å²) in [5.74, 6) is 0. The summed E-state index contributed by atoms with van der Waals surface area (Å²) in [7, 11) is 0. The van der Waals surface area contributed by atoms with Crippen LogP contribution < -0.4 is 0 Å². The van der Waals surface area contributed by atoms with Crippen molar-refractivity contribution in [1.82, 2.24) is 4.98 Å². The Morgan fingerprint density at radius 1 is 1.89 bits per heavy atom. The molecule has 1 heterocycles. The van der Waals surface area contributed by atoms with Crippen LogP contribution >= 0.6 is 27.3 Å². The molecule has 0 amide bonds. The van der Waals surface area contributed by atoms with Crippen molar-refractivity contribution < 1.29 is 4.39 Å². The molecule has 1 rings (SSSR count). The summed E-state index contributed by atoms with van der Waals surface area (Å²) in [6, 6.07) is 0. The summed E-state index contributed by atoms with van der Waals surface area (Å²) in [5.41, 5.74) is 0. The van der Waals surface area contributed by atoms with Gasteiger partial charge >= 0.3 is 0 Å². The third-order valence-corrected chi connectivity index (χ3v) is 2.54. The van der Waals surface area contributed by atoms with E-state index in [0.29, 0.717) is 9.61 Å². The molecule has 1 unspecified atom stereocenters. The number of nitrogens with zero attached hydrogens (tertiary/aromatic N) is 1. The average Bonchev–Trinajstić information content (AvgIpc) is 2.14. The molecule has 9 heavy (non-hydrogen) atoms. The van der Waals surface area contributed by atoms with Gasteiger partial charge in [-0.3, -0.25) is 0 Å². The van der Waals surface area contributed by atoms with E-state index in [-0.39, 0.29) is 0 Å². The van der Waals surface area contributed by atoms with E-state index in [1.165, 1.54) is 18.3 Å². The largest absolute Gasteiger partial charge is 0.240 e. The van der Waals surface area contributed by atoms with Crippen LogP contribution in [-0.2, 0) is 0 Å². The SMILES string of the molecule is CC(F)c1nc(Br)cs1. The number of thiazole rings is 1. The minimum absolute atomic E-state index is 0.530. The van der Waals surface area contributed by atoms with Crippen molar-refractivity contribution in [3.8, 4) is 0 Å². The maximum Gasteiger partial charge on any atom is 0.149 e. The molecular formula is C5H5BrFNS. The Labute approximate surface area is 65.1 Å². The van der Waals surface area contributed by atoms with Crippen molar-refractivity contribution in [3.63, 3.8) is 0 Å². The smallest absolute Gasteiger partial charge is 0.149 e. The molecule has 0 aliphatic rings. The fraction of sp³-hybridized carbons (Fsp3) is 0.400. The van der Waals surface area contributed by atoms with Crippen LogP contribution in [0.2, 0.25) is 0 Å². The summed E-state index contributed by atoms with van der Waals surface area (Å²) in [6.07, 6.45) is -0.943. The quantitative estimate of drug-likeness (QED) is 0.694. The van der Waals surface area contributed by atoms with Gasteiger partial charge in [-0.05, 0) is 22.9 Å². The molecule has 0 saturated heterocycles. The van der Waals surface area contributed by atoms with E-state index in [1.54, 1.807) is 5.38 Å². The molecule has 0 saturated carbocycles. The van der Waals surface area contributed by atoms with Gasteiger partial charge in [0, 0.05) is 5.38 Å². The average molecular weight is 210 g/mol. The first-order valence-electron chi connectivity index (χ1n) is 2.45. The lowest BCUT2D eigenvalue weighted by Crippen LogP contribution is -1.80. The van der Waals surface area contributed by atoms with E-state index in [2.05, 4.69) is 20.9 Å². The number of rotatable bonds is 1. The fourth-order valence-electron chi connectivity index (χ4n) is 0.450. The first-order chi connectivity index (χ1) is 4.20. The second kappa shape index (κ2) is 2.75. The molecule has 1 atom stereocenters. The second-order valence-electron chi connectivity index (χ2n) is 1.62. The Bertz CT molecular complexity index is 199. The van der Waals surface area contributed by atoms with Gasteiger partial charge < -0.3 is 0 Å². The summed E-state index contributed by atoms with van der Waals surface area (Å²) in [6.45, 7) is 1.48. The Hall–Kier alpha value is 0.0400. The topological polar surface area (TPSA) is 12.9 Å². The molecule has 1 aromatic rings. The van der Waals surface area contributed by atoms with Gasteiger partial charge in [0.05, 0.1) is 0 Å². The fourth-order valence-corrected chi connectivity index (χ4v) is 1.65. The van der Waals surface area contributed by atoms with Gasteiger partial charge in [-0.25, -0.2) is 9.37 Å². The number of hydrogen-bond donors (Lipinski definition) is 0. The van der Waals surface area contributed by atoms with E-state index >= 15 is 0 Å². The summed E-state index contributed by atoms with van der Waals surface area (Å²) < 4.78 is 13.1. The number of aromatic nitrogens is 1. The molecule has 1 nitrogen and oxygen atoms in total. The van der Waals surface area contributed by atoms with Crippen LogP contribution in [0.5, 0.6) is 0 Å². The summed E-state index contributed by atoms with van der Waals surface area (Å²) >= 11 is 4.46. The van der Waals surface area contributed by atoms with Crippen LogP contribution in [0.15, 0.2) is 9.98 Å². The summed E-state index contributed by atoms with van der Waals surface area (Å²) in [5, 5.41) is 2.30. The zero-order valence-corrected chi connectivity index (χ0v) is 7.17. The molecule has 0 spiro atoms. The molecule has 1 aromatic heterocycles. The minimum Gasteiger partial charge on any atom is -0.240 e. The van der Waals surface area contributed by atoms with Gasteiger partial charge in [0.2, 0.25) is 0 Å². The third kappa shape index (κ3) is 1.72. The van der Waals surface area contributed by atoms with E-state index in [1.807, 2.05) is 0 Å². The van der Waals surface area contributed by atoms with Crippen molar-refractivity contribution in [2.24, 2.45) is 0 Å².